The second-order valence-corrected chi connectivity index (χ2v) is 11.8. The van der Waals surface area contributed by atoms with Crippen LogP contribution in [-0.2, 0) is 11.3 Å². The minimum Gasteiger partial charge on any atom is -0.333 e. The number of urea groups is 1. The summed E-state index contributed by atoms with van der Waals surface area (Å²) in [4.78, 5) is 32.2. The van der Waals surface area contributed by atoms with Crippen LogP contribution in [0.1, 0.15) is 43.2 Å². The van der Waals surface area contributed by atoms with Crippen molar-refractivity contribution < 1.29 is 14.0 Å². The van der Waals surface area contributed by atoms with Crippen LogP contribution in [0, 0.1) is 11.7 Å². The third-order valence-corrected chi connectivity index (χ3v) is 9.15. The molecule has 0 saturated carbocycles. The number of fused-ring (bicyclic) bond motifs is 4. The average molecular weight is 570 g/mol. The van der Waals surface area contributed by atoms with E-state index in [0.29, 0.717) is 6.54 Å². The lowest BCUT2D eigenvalue weighted by Crippen LogP contribution is -2.77. The van der Waals surface area contributed by atoms with E-state index >= 15 is 0 Å². The minimum atomic E-state index is -0.427. The summed E-state index contributed by atoms with van der Waals surface area (Å²) in [7, 11) is 1.81. The molecule has 3 heterocycles. The number of unbranched alkanes of at least 4 members (excludes halogenated alkanes) is 1. The van der Waals surface area contributed by atoms with Gasteiger partial charge in [0.1, 0.15) is 12.0 Å². The molecule has 2 aromatic carbocycles. The van der Waals surface area contributed by atoms with Crippen molar-refractivity contribution in [2.24, 2.45) is 5.92 Å². The lowest BCUT2D eigenvalue weighted by atomic mass is 9.84. The van der Waals surface area contributed by atoms with Gasteiger partial charge in [-0.3, -0.25) is 9.69 Å². The Morgan fingerprint density at radius 1 is 1.05 bits per heavy atom. The number of likely N-dealkylation sites (N-methyl/N-ethyl adjacent to an activating group) is 1. The average Bonchev–Trinajstić information content (AvgIpc) is 3.32. The lowest BCUT2D eigenvalue weighted by Gasteiger charge is -2.59. The van der Waals surface area contributed by atoms with Gasteiger partial charge in [-0.05, 0) is 35.3 Å². The van der Waals surface area contributed by atoms with E-state index in [1.165, 1.54) is 23.3 Å². The second kappa shape index (κ2) is 12.2. The second-order valence-electron chi connectivity index (χ2n) is 11.8. The Kier molecular flexibility index (Phi) is 8.27. The zero-order valence-electron chi connectivity index (χ0n) is 24.4. The van der Waals surface area contributed by atoms with Gasteiger partial charge in [0.15, 0.2) is 0 Å². The number of carbonyl (C=O) groups is 2. The lowest BCUT2D eigenvalue weighted by molar-refractivity contribution is -0.188. The maximum absolute atomic E-state index is 13.8. The standard InChI is InChI=1S/C34H40FN5O2/c1-3-4-14-30-33-27-13-9-8-12-26(19-27)29(25-10-6-5-7-11-25)21-38(33)22-31-39(30)32(41)23-37(2)40(31)34(42)36-20-24-15-17-28(35)18-16-24/h5-13,15-19,27,29-31,33H,3-4,14,20-23H2,1-2H3,(H,36,42)/t27?,29?,30-,31-,33?/m0/s1. The Balaban J connectivity index is 1.35. The number of nitrogens with one attached hydrogen (secondary N) is 1. The first kappa shape index (κ1) is 28.4. The van der Waals surface area contributed by atoms with Gasteiger partial charge >= 0.3 is 6.03 Å². The van der Waals surface area contributed by atoms with Crippen molar-refractivity contribution in [3.8, 4) is 0 Å². The summed E-state index contributed by atoms with van der Waals surface area (Å²) in [5, 5.41) is 6.50. The molecule has 1 N–H and O–H groups in total. The van der Waals surface area contributed by atoms with E-state index in [4.69, 9.17) is 0 Å². The molecule has 4 aliphatic rings. The van der Waals surface area contributed by atoms with E-state index in [0.717, 1.165) is 31.4 Å². The van der Waals surface area contributed by atoms with Crippen molar-refractivity contribution in [3.05, 3.63) is 107 Å². The fraction of sp³-hybridized carbons (Fsp3) is 0.412. The van der Waals surface area contributed by atoms with Gasteiger partial charge in [-0.1, -0.05) is 92.6 Å². The normalized spacial score (nSPS) is 27.5. The third-order valence-electron chi connectivity index (χ3n) is 9.15. The summed E-state index contributed by atoms with van der Waals surface area (Å²) in [6.07, 6.45) is 13.7. The number of benzene rings is 2. The fourth-order valence-corrected chi connectivity index (χ4v) is 7.21. The number of piperazine rings is 1. The van der Waals surface area contributed by atoms with Gasteiger partial charge < -0.3 is 10.2 Å². The quantitative estimate of drug-likeness (QED) is 0.529. The van der Waals surface area contributed by atoms with E-state index < -0.39 is 6.17 Å². The summed E-state index contributed by atoms with van der Waals surface area (Å²) in [5.74, 6) is 0.0948. The van der Waals surface area contributed by atoms with Crippen molar-refractivity contribution >= 4 is 11.9 Å². The number of hydrogen-bond acceptors (Lipinski definition) is 4. The van der Waals surface area contributed by atoms with Gasteiger partial charge in [-0.25, -0.2) is 19.2 Å². The van der Waals surface area contributed by atoms with Crippen molar-refractivity contribution in [2.45, 2.75) is 56.9 Å². The maximum atomic E-state index is 13.8. The molecule has 2 bridgehead atoms. The highest BCUT2D eigenvalue weighted by molar-refractivity contribution is 5.83. The Labute approximate surface area is 247 Å². The molecule has 0 radical (unpaired) electrons. The molecule has 42 heavy (non-hydrogen) atoms. The summed E-state index contributed by atoms with van der Waals surface area (Å²) in [6.45, 7) is 3.98. The molecule has 3 unspecified atom stereocenters. The molecule has 2 aromatic rings. The first-order chi connectivity index (χ1) is 20.4. The molecule has 220 valence electrons. The topological polar surface area (TPSA) is 59.1 Å². The van der Waals surface area contributed by atoms with Gasteiger partial charge in [0.05, 0.1) is 12.6 Å². The highest BCUT2D eigenvalue weighted by Gasteiger charge is 2.53. The van der Waals surface area contributed by atoms with Crippen molar-refractivity contribution in [3.63, 3.8) is 0 Å². The highest BCUT2D eigenvalue weighted by Crippen LogP contribution is 2.41. The van der Waals surface area contributed by atoms with Crippen LogP contribution in [0.2, 0.25) is 0 Å². The molecule has 6 rings (SSSR count). The molecule has 3 aliphatic heterocycles. The molecule has 8 heteroatoms. The van der Waals surface area contributed by atoms with E-state index in [9.17, 15) is 14.0 Å². The van der Waals surface area contributed by atoms with E-state index in [-0.39, 0.29) is 54.8 Å². The smallest absolute Gasteiger partial charge is 0.333 e. The van der Waals surface area contributed by atoms with Gasteiger partial charge in [-0.2, -0.15) is 0 Å². The van der Waals surface area contributed by atoms with Crippen LogP contribution in [0.4, 0.5) is 9.18 Å². The Morgan fingerprint density at radius 2 is 1.83 bits per heavy atom. The van der Waals surface area contributed by atoms with Crippen LogP contribution < -0.4 is 5.32 Å². The molecule has 0 aromatic heterocycles. The zero-order chi connectivity index (χ0) is 29.2. The van der Waals surface area contributed by atoms with Crippen LogP contribution in [0.15, 0.2) is 90.6 Å². The number of carbonyl (C=O) groups excluding carboxylic acids is 2. The predicted octanol–water partition coefficient (Wildman–Crippen LogP) is 5.06. The Morgan fingerprint density at radius 3 is 2.60 bits per heavy atom. The van der Waals surface area contributed by atoms with Crippen molar-refractivity contribution in [2.75, 3.05) is 26.7 Å². The van der Waals surface area contributed by atoms with E-state index in [2.05, 4.69) is 77.9 Å². The van der Waals surface area contributed by atoms with Crippen LogP contribution in [-0.4, -0.2) is 76.7 Å². The SMILES string of the molecule is CCCC[C@H]1C2C3C=CC=CC(=C3)C(c3ccccc3)CN2C[C@H]2N1C(=O)CN(C)N2C(=O)NCc1ccc(F)cc1. The van der Waals surface area contributed by atoms with Gasteiger partial charge in [0, 0.05) is 44.6 Å². The number of rotatable bonds is 6. The molecular weight excluding hydrogens is 529 g/mol. The van der Waals surface area contributed by atoms with Crippen LogP contribution >= 0.6 is 0 Å². The molecule has 0 spiro atoms. The molecule has 5 atom stereocenters. The van der Waals surface area contributed by atoms with Crippen LogP contribution in [0.3, 0.4) is 0 Å². The minimum absolute atomic E-state index is 0.0305. The van der Waals surface area contributed by atoms with Gasteiger partial charge in [0.25, 0.3) is 0 Å². The molecular formula is C34H40FN5O2. The number of allylic oxidation sites excluding steroid dienone is 3. The van der Waals surface area contributed by atoms with E-state index in [1.54, 1.807) is 22.2 Å². The number of nitrogens with zero attached hydrogens (tertiary/aromatic N) is 4. The van der Waals surface area contributed by atoms with Crippen LogP contribution in [0.5, 0.6) is 0 Å². The fourth-order valence-electron chi connectivity index (χ4n) is 7.21. The molecule has 1 aliphatic carbocycles. The van der Waals surface area contributed by atoms with Crippen molar-refractivity contribution in [1.29, 1.82) is 0 Å². The third kappa shape index (κ3) is 5.53. The van der Waals surface area contributed by atoms with Gasteiger partial charge in [-0.15, -0.1) is 0 Å². The summed E-state index contributed by atoms with van der Waals surface area (Å²) < 4.78 is 13.4. The first-order valence-corrected chi connectivity index (χ1v) is 15.1. The Hall–Kier alpha value is -3.75. The predicted molar refractivity (Wildman–Crippen MR) is 161 cm³/mol. The molecule has 3 amide bonds. The molecule has 2 saturated heterocycles. The van der Waals surface area contributed by atoms with Crippen molar-refractivity contribution in [1.82, 2.24) is 25.1 Å². The largest absolute Gasteiger partial charge is 0.334 e. The monoisotopic (exact) mass is 569 g/mol. The highest BCUT2D eigenvalue weighted by atomic mass is 19.1. The van der Waals surface area contributed by atoms with Crippen LogP contribution in [0.25, 0.3) is 0 Å². The maximum Gasteiger partial charge on any atom is 0.334 e. The summed E-state index contributed by atoms with van der Waals surface area (Å²) in [5.41, 5.74) is 3.39. The van der Waals surface area contributed by atoms with E-state index in [1.807, 2.05) is 11.9 Å². The number of hydrazine groups is 1. The zero-order valence-corrected chi connectivity index (χ0v) is 24.4. The van der Waals surface area contributed by atoms with Gasteiger partial charge in [0.2, 0.25) is 5.91 Å². The molecule has 2 fully saturated rings. The first-order valence-electron chi connectivity index (χ1n) is 15.1. The number of halogens is 1. The molecule has 7 nitrogen and oxygen atoms in total. The number of amides is 3. The summed E-state index contributed by atoms with van der Waals surface area (Å²) >= 11 is 0. The number of hydrogen-bond donors (Lipinski definition) is 1. The summed E-state index contributed by atoms with van der Waals surface area (Å²) in [6, 6.07) is 16.6. The Bertz CT molecular complexity index is 1370.